The Morgan fingerprint density at radius 2 is 2.16 bits per heavy atom. The Balaban J connectivity index is 2.27. The summed E-state index contributed by atoms with van der Waals surface area (Å²) in [6.07, 6.45) is 2.23. The molecular formula is C11H20N2O5S. The van der Waals surface area contributed by atoms with Gasteiger partial charge in [-0.3, -0.25) is 9.00 Å². The van der Waals surface area contributed by atoms with Gasteiger partial charge in [-0.2, -0.15) is 0 Å². The van der Waals surface area contributed by atoms with Crippen LogP contribution in [0, 0.1) is 5.92 Å². The molecule has 0 saturated carbocycles. The molecule has 0 aromatic heterocycles. The van der Waals surface area contributed by atoms with Crippen LogP contribution in [0.25, 0.3) is 0 Å². The van der Waals surface area contributed by atoms with Crippen LogP contribution in [0.4, 0.5) is 4.79 Å². The molecule has 1 heterocycles. The molecule has 0 bridgehead atoms. The van der Waals surface area contributed by atoms with Gasteiger partial charge in [0.15, 0.2) is 0 Å². The van der Waals surface area contributed by atoms with Gasteiger partial charge in [-0.05, 0) is 6.42 Å². The van der Waals surface area contributed by atoms with E-state index in [2.05, 4.69) is 10.6 Å². The van der Waals surface area contributed by atoms with E-state index in [1.807, 2.05) is 6.92 Å². The lowest BCUT2D eigenvalue weighted by atomic mass is 10.0. The first-order chi connectivity index (χ1) is 8.91. The van der Waals surface area contributed by atoms with Gasteiger partial charge in [-0.15, -0.1) is 0 Å². The van der Waals surface area contributed by atoms with Gasteiger partial charge >= 0.3 is 12.0 Å². The number of nitrogens with one attached hydrogen (secondary N) is 2. The van der Waals surface area contributed by atoms with Gasteiger partial charge in [0.2, 0.25) is 0 Å². The molecule has 110 valence electrons. The number of carbonyl (C=O) groups is 2. The molecule has 1 rings (SSSR count). The van der Waals surface area contributed by atoms with Crippen molar-refractivity contribution < 1.29 is 23.6 Å². The summed E-state index contributed by atoms with van der Waals surface area (Å²) >= 11 is 0. The fourth-order valence-corrected chi connectivity index (χ4v) is 2.16. The van der Waals surface area contributed by atoms with Gasteiger partial charge in [-0.1, -0.05) is 6.92 Å². The number of carboxylic acid groups (broad SMARTS) is 1. The second-order valence-corrected chi connectivity index (χ2v) is 6.39. The van der Waals surface area contributed by atoms with Crippen molar-refractivity contribution in [1.29, 1.82) is 0 Å². The molecular weight excluding hydrogens is 272 g/mol. The van der Waals surface area contributed by atoms with Crippen LogP contribution in [0.3, 0.4) is 0 Å². The number of carbonyl (C=O) groups excluding carboxylic acids is 1. The van der Waals surface area contributed by atoms with Crippen LogP contribution in [-0.4, -0.2) is 58.6 Å². The van der Waals surface area contributed by atoms with Crippen LogP contribution in [0.1, 0.15) is 13.3 Å². The lowest BCUT2D eigenvalue weighted by molar-refractivity contribution is -0.142. The number of ether oxygens (including phenoxy) is 1. The minimum Gasteiger partial charge on any atom is -0.481 e. The first-order valence-corrected chi connectivity index (χ1v) is 7.71. The maximum absolute atomic E-state index is 11.6. The quantitative estimate of drug-likeness (QED) is 0.614. The Kier molecular flexibility index (Phi) is 6.23. The zero-order valence-corrected chi connectivity index (χ0v) is 11.9. The predicted octanol–water partition coefficient (Wildman–Crippen LogP) is -0.458. The number of hydrogen-bond acceptors (Lipinski definition) is 4. The van der Waals surface area contributed by atoms with E-state index >= 15 is 0 Å². The lowest BCUT2D eigenvalue weighted by Crippen LogP contribution is -2.47. The molecule has 7 nitrogen and oxygen atoms in total. The minimum atomic E-state index is -0.974. The van der Waals surface area contributed by atoms with E-state index in [1.165, 1.54) is 0 Å². The molecule has 0 aliphatic carbocycles. The topological polar surface area (TPSA) is 105 Å². The van der Waals surface area contributed by atoms with Crippen molar-refractivity contribution in [2.75, 3.05) is 26.0 Å². The van der Waals surface area contributed by atoms with Gasteiger partial charge in [0.25, 0.3) is 0 Å². The molecule has 0 radical (unpaired) electrons. The van der Waals surface area contributed by atoms with Crippen molar-refractivity contribution in [3.63, 3.8) is 0 Å². The number of aliphatic carboxylic acids is 1. The molecule has 2 amide bonds. The SMILES string of the molecule is CC(CCNC(=O)NC1COCC1C(=O)O)S(C)=O. The molecule has 1 saturated heterocycles. The van der Waals surface area contributed by atoms with Gasteiger partial charge in [0.1, 0.15) is 5.92 Å². The van der Waals surface area contributed by atoms with Crippen LogP contribution in [0.15, 0.2) is 0 Å². The average Bonchev–Trinajstić information content (AvgIpc) is 2.76. The Morgan fingerprint density at radius 3 is 2.74 bits per heavy atom. The fraction of sp³-hybridized carbons (Fsp3) is 0.818. The van der Waals surface area contributed by atoms with Crippen LogP contribution < -0.4 is 10.6 Å². The molecule has 8 heteroatoms. The van der Waals surface area contributed by atoms with Crippen molar-refractivity contribution >= 4 is 22.8 Å². The number of rotatable bonds is 6. The van der Waals surface area contributed by atoms with Crippen LogP contribution in [0.5, 0.6) is 0 Å². The normalized spacial score (nSPS) is 25.6. The predicted molar refractivity (Wildman–Crippen MR) is 70.4 cm³/mol. The largest absolute Gasteiger partial charge is 0.481 e. The molecule has 1 fully saturated rings. The highest BCUT2D eigenvalue weighted by Gasteiger charge is 2.34. The number of hydrogen-bond donors (Lipinski definition) is 3. The minimum absolute atomic E-state index is 0.0156. The van der Waals surface area contributed by atoms with E-state index in [1.54, 1.807) is 6.26 Å². The van der Waals surface area contributed by atoms with Crippen LogP contribution >= 0.6 is 0 Å². The third kappa shape index (κ3) is 5.15. The Hall–Kier alpha value is -1.15. The van der Waals surface area contributed by atoms with Crippen molar-refractivity contribution in [2.24, 2.45) is 5.92 Å². The zero-order valence-electron chi connectivity index (χ0n) is 11.0. The first kappa shape index (κ1) is 15.9. The molecule has 19 heavy (non-hydrogen) atoms. The van der Waals surface area contributed by atoms with Crippen LogP contribution in [-0.2, 0) is 20.3 Å². The van der Waals surface area contributed by atoms with Gasteiger partial charge in [-0.25, -0.2) is 4.79 Å². The number of amides is 2. The Labute approximate surface area is 114 Å². The van der Waals surface area contributed by atoms with Crippen molar-refractivity contribution in [1.82, 2.24) is 10.6 Å². The molecule has 4 atom stereocenters. The molecule has 1 aliphatic rings. The van der Waals surface area contributed by atoms with E-state index in [4.69, 9.17) is 9.84 Å². The van der Waals surface area contributed by atoms with E-state index in [9.17, 15) is 13.8 Å². The third-order valence-electron chi connectivity index (χ3n) is 3.12. The van der Waals surface area contributed by atoms with Gasteiger partial charge < -0.3 is 20.5 Å². The van der Waals surface area contributed by atoms with Crippen LogP contribution in [0.2, 0.25) is 0 Å². The molecule has 3 N–H and O–H groups in total. The fourth-order valence-electron chi connectivity index (χ4n) is 1.71. The van der Waals surface area contributed by atoms with Gasteiger partial charge in [0.05, 0.1) is 19.3 Å². The highest BCUT2D eigenvalue weighted by atomic mass is 32.2. The summed E-state index contributed by atoms with van der Waals surface area (Å²) in [6.45, 7) is 2.57. The zero-order chi connectivity index (χ0) is 14.4. The van der Waals surface area contributed by atoms with E-state index in [0.717, 1.165) is 0 Å². The van der Waals surface area contributed by atoms with Crippen molar-refractivity contribution in [3.05, 3.63) is 0 Å². The summed E-state index contributed by atoms with van der Waals surface area (Å²) in [5.74, 6) is -1.68. The standard InChI is InChI=1S/C11H20N2O5S/c1-7(19(2)17)3-4-12-11(16)13-9-6-18-5-8(9)10(14)15/h7-9H,3-6H2,1-2H3,(H,14,15)(H2,12,13,16). The Bertz CT molecular complexity index is 363. The highest BCUT2D eigenvalue weighted by Crippen LogP contribution is 2.13. The summed E-state index contributed by atoms with van der Waals surface area (Å²) in [7, 11) is -0.910. The third-order valence-corrected chi connectivity index (χ3v) is 4.49. The first-order valence-electron chi connectivity index (χ1n) is 6.09. The van der Waals surface area contributed by atoms with E-state index in [-0.39, 0.29) is 18.5 Å². The second kappa shape index (κ2) is 7.44. The maximum atomic E-state index is 11.6. The highest BCUT2D eigenvalue weighted by molar-refractivity contribution is 7.84. The average molecular weight is 292 g/mol. The summed E-state index contributed by atoms with van der Waals surface area (Å²) in [5.41, 5.74) is 0. The molecule has 1 aliphatic heterocycles. The van der Waals surface area contributed by atoms with Crippen molar-refractivity contribution in [2.45, 2.75) is 24.6 Å². The maximum Gasteiger partial charge on any atom is 0.315 e. The number of carboxylic acids is 1. The van der Waals surface area contributed by atoms with Gasteiger partial charge in [0, 0.05) is 28.9 Å². The lowest BCUT2D eigenvalue weighted by Gasteiger charge is -2.16. The van der Waals surface area contributed by atoms with Crippen molar-refractivity contribution in [3.8, 4) is 0 Å². The number of urea groups is 1. The monoisotopic (exact) mass is 292 g/mol. The summed E-state index contributed by atoms with van der Waals surface area (Å²) in [4.78, 5) is 22.5. The molecule has 0 spiro atoms. The Morgan fingerprint density at radius 1 is 1.47 bits per heavy atom. The summed E-state index contributed by atoms with van der Waals surface area (Å²) < 4.78 is 16.2. The smallest absolute Gasteiger partial charge is 0.315 e. The second-order valence-electron chi connectivity index (χ2n) is 4.59. The summed E-state index contributed by atoms with van der Waals surface area (Å²) in [6, 6.07) is -0.925. The van der Waals surface area contributed by atoms with E-state index < -0.39 is 34.8 Å². The molecule has 0 aromatic carbocycles. The summed E-state index contributed by atoms with van der Waals surface area (Å²) in [5, 5.41) is 14.1. The molecule has 0 aromatic rings. The van der Waals surface area contributed by atoms with E-state index in [0.29, 0.717) is 13.0 Å². The molecule has 4 unspecified atom stereocenters.